The van der Waals surface area contributed by atoms with Crippen LogP contribution in [0, 0.1) is 17.3 Å². The maximum atomic E-state index is 12.3. The minimum Gasteiger partial charge on any atom is -0.480 e. The highest BCUT2D eigenvalue weighted by atomic mass is 16.4. The summed E-state index contributed by atoms with van der Waals surface area (Å²) in [7, 11) is 0. The van der Waals surface area contributed by atoms with Gasteiger partial charge in [-0.1, -0.05) is 48.5 Å². The summed E-state index contributed by atoms with van der Waals surface area (Å²) in [5, 5.41) is 11.9. The summed E-state index contributed by atoms with van der Waals surface area (Å²) in [5.41, 5.74) is -0.525. The molecule has 0 fully saturated rings. The predicted molar refractivity (Wildman–Crippen MR) is 80.7 cm³/mol. The number of urea groups is 1. The molecule has 5 heteroatoms. The van der Waals surface area contributed by atoms with Crippen LogP contribution in [0.15, 0.2) is 0 Å². The molecule has 0 aliphatic heterocycles. The van der Waals surface area contributed by atoms with Crippen molar-refractivity contribution >= 4 is 12.0 Å². The van der Waals surface area contributed by atoms with Crippen molar-refractivity contribution < 1.29 is 14.7 Å². The van der Waals surface area contributed by atoms with E-state index in [1.165, 1.54) is 0 Å². The zero-order valence-corrected chi connectivity index (χ0v) is 13.9. The topological polar surface area (TPSA) is 69.6 Å². The predicted octanol–water partition coefficient (Wildman–Crippen LogP) is 2.81. The third-order valence-corrected chi connectivity index (χ3v) is 2.84. The van der Waals surface area contributed by atoms with Gasteiger partial charge in [0.25, 0.3) is 0 Å². The van der Waals surface area contributed by atoms with Gasteiger partial charge in [0.05, 0.1) is 0 Å². The lowest BCUT2D eigenvalue weighted by Gasteiger charge is -2.32. The van der Waals surface area contributed by atoms with Gasteiger partial charge < -0.3 is 15.3 Å². The second kappa shape index (κ2) is 7.50. The van der Waals surface area contributed by atoms with Crippen molar-refractivity contribution in [3.63, 3.8) is 0 Å². The van der Waals surface area contributed by atoms with Gasteiger partial charge in [-0.3, -0.25) is 0 Å². The van der Waals surface area contributed by atoms with Gasteiger partial charge >= 0.3 is 12.0 Å². The first-order valence-corrected chi connectivity index (χ1v) is 7.23. The van der Waals surface area contributed by atoms with Crippen LogP contribution in [0.3, 0.4) is 0 Å². The monoisotopic (exact) mass is 286 g/mol. The van der Waals surface area contributed by atoms with Crippen LogP contribution in [-0.2, 0) is 4.79 Å². The summed E-state index contributed by atoms with van der Waals surface area (Å²) in [6.07, 6.45) is 0. The van der Waals surface area contributed by atoms with E-state index in [-0.39, 0.29) is 6.03 Å². The molecule has 2 amide bonds. The van der Waals surface area contributed by atoms with Crippen LogP contribution in [0.25, 0.3) is 0 Å². The molecule has 0 aliphatic rings. The fourth-order valence-corrected chi connectivity index (χ4v) is 1.99. The zero-order valence-electron chi connectivity index (χ0n) is 13.9. The Bertz CT molecular complexity index is 323. The lowest BCUT2D eigenvalue weighted by Crippen LogP contribution is -2.54. The molecule has 0 radical (unpaired) electrons. The standard InChI is InChI=1S/C15H30N2O3/c1-10(2)8-17(9-11(3)4)14(20)16-12(13(18)19)15(5,6)7/h10-12H,8-9H2,1-7H3,(H,16,20)(H,18,19)/t12-/m1/s1. The number of carboxylic acid groups (broad SMARTS) is 1. The molecule has 0 saturated carbocycles. The third kappa shape index (κ3) is 6.78. The average Bonchev–Trinajstić information content (AvgIpc) is 2.20. The molecule has 0 unspecified atom stereocenters. The largest absolute Gasteiger partial charge is 0.480 e. The highest BCUT2D eigenvalue weighted by molar-refractivity contribution is 5.83. The van der Waals surface area contributed by atoms with Gasteiger partial charge in [0.15, 0.2) is 0 Å². The molecule has 118 valence electrons. The molecule has 0 saturated heterocycles. The normalized spacial score (nSPS) is 13.4. The van der Waals surface area contributed by atoms with Crippen LogP contribution in [0.5, 0.6) is 0 Å². The first-order valence-electron chi connectivity index (χ1n) is 7.23. The number of aliphatic carboxylic acids is 1. The Morgan fingerprint density at radius 1 is 1.05 bits per heavy atom. The maximum absolute atomic E-state index is 12.3. The van der Waals surface area contributed by atoms with Crippen molar-refractivity contribution in [2.45, 2.75) is 54.5 Å². The summed E-state index contributed by atoms with van der Waals surface area (Å²) >= 11 is 0. The van der Waals surface area contributed by atoms with E-state index in [4.69, 9.17) is 0 Å². The van der Waals surface area contributed by atoms with Gasteiger partial charge in [-0.2, -0.15) is 0 Å². The SMILES string of the molecule is CC(C)CN(CC(C)C)C(=O)N[C@H](C(=O)O)C(C)(C)C. The first kappa shape index (κ1) is 18.7. The molecule has 1 atom stereocenters. The highest BCUT2D eigenvalue weighted by Gasteiger charge is 2.33. The van der Waals surface area contributed by atoms with Crippen molar-refractivity contribution in [3.05, 3.63) is 0 Å². The van der Waals surface area contributed by atoms with Crippen molar-refractivity contribution in [1.82, 2.24) is 10.2 Å². The Balaban J connectivity index is 4.92. The Morgan fingerprint density at radius 3 is 1.70 bits per heavy atom. The number of carbonyl (C=O) groups is 2. The van der Waals surface area contributed by atoms with Crippen molar-refractivity contribution in [3.8, 4) is 0 Å². The molecule has 0 aromatic carbocycles. The van der Waals surface area contributed by atoms with Gasteiger partial charge in [0.1, 0.15) is 6.04 Å². The lowest BCUT2D eigenvalue weighted by molar-refractivity contribution is -0.142. The molecule has 0 aromatic heterocycles. The van der Waals surface area contributed by atoms with Crippen LogP contribution >= 0.6 is 0 Å². The highest BCUT2D eigenvalue weighted by Crippen LogP contribution is 2.20. The Labute approximate surface area is 122 Å². The van der Waals surface area contributed by atoms with Gasteiger partial charge in [0.2, 0.25) is 0 Å². The van der Waals surface area contributed by atoms with E-state index < -0.39 is 17.4 Å². The van der Waals surface area contributed by atoms with E-state index in [1.54, 1.807) is 25.7 Å². The average molecular weight is 286 g/mol. The van der Waals surface area contributed by atoms with E-state index >= 15 is 0 Å². The Kier molecular flexibility index (Phi) is 7.03. The van der Waals surface area contributed by atoms with E-state index in [1.807, 2.05) is 27.7 Å². The Morgan fingerprint density at radius 2 is 1.45 bits per heavy atom. The molecule has 0 aromatic rings. The molecule has 0 spiro atoms. The van der Waals surface area contributed by atoms with Gasteiger partial charge in [-0.25, -0.2) is 9.59 Å². The van der Waals surface area contributed by atoms with Crippen LogP contribution in [0.1, 0.15) is 48.5 Å². The van der Waals surface area contributed by atoms with Gasteiger partial charge in [-0.15, -0.1) is 0 Å². The molecule has 0 heterocycles. The second-order valence-electron chi connectivity index (χ2n) is 7.28. The fourth-order valence-electron chi connectivity index (χ4n) is 1.99. The molecule has 0 bridgehead atoms. The summed E-state index contributed by atoms with van der Waals surface area (Å²) < 4.78 is 0. The number of nitrogens with zero attached hydrogens (tertiary/aromatic N) is 1. The lowest BCUT2D eigenvalue weighted by atomic mass is 9.87. The summed E-state index contributed by atoms with van der Waals surface area (Å²) in [5.74, 6) is -0.310. The third-order valence-electron chi connectivity index (χ3n) is 2.84. The summed E-state index contributed by atoms with van der Waals surface area (Å²) in [6, 6.07) is -1.19. The molecule has 0 aliphatic carbocycles. The second-order valence-corrected chi connectivity index (χ2v) is 7.28. The molecular weight excluding hydrogens is 256 g/mol. The van der Waals surface area contributed by atoms with Crippen molar-refractivity contribution in [2.75, 3.05) is 13.1 Å². The number of carboxylic acids is 1. The number of amides is 2. The van der Waals surface area contributed by atoms with Crippen LogP contribution < -0.4 is 5.32 Å². The number of nitrogens with one attached hydrogen (secondary N) is 1. The molecule has 2 N–H and O–H groups in total. The molecule has 0 rings (SSSR count). The number of hydrogen-bond acceptors (Lipinski definition) is 2. The van der Waals surface area contributed by atoms with E-state index in [0.717, 1.165) is 0 Å². The maximum Gasteiger partial charge on any atom is 0.326 e. The molecule has 20 heavy (non-hydrogen) atoms. The quantitative estimate of drug-likeness (QED) is 0.789. The summed E-state index contributed by atoms with van der Waals surface area (Å²) in [6.45, 7) is 14.8. The van der Waals surface area contributed by atoms with E-state index in [9.17, 15) is 14.7 Å². The Hall–Kier alpha value is -1.26. The number of rotatable bonds is 6. The summed E-state index contributed by atoms with van der Waals surface area (Å²) in [4.78, 5) is 25.3. The minimum atomic E-state index is -1.00. The smallest absolute Gasteiger partial charge is 0.326 e. The first-order chi connectivity index (χ1) is 8.95. The van der Waals surface area contributed by atoms with Gasteiger partial charge in [0, 0.05) is 13.1 Å². The van der Waals surface area contributed by atoms with Gasteiger partial charge in [-0.05, 0) is 17.3 Å². The number of carbonyl (C=O) groups excluding carboxylic acids is 1. The minimum absolute atomic E-state index is 0.297. The molecule has 5 nitrogen and oxygen atoms in total. The van der Waals surface area contributed by atoms with E-state index in [0.29, 0.717) is 24.9 Å². The molecular formula is C15H30N2O3. The van der Waals surface area contributed by atoms with Crippen molar-refractivity contribution in [1.29, 1.82) is 0 Å². The van der Waals surface area contributed by atoms with Crippen LogP contribution in [-0.4, -0.2) is 41.1 Å². The number of hydrogen-bond donors (Lipinski definition) is 2. The van der Waals surface area contributed by atoms with Crippen LogP contribution in [0.4, 0.5) is 4.79 Å². The zero-order chi connectivity index (χ0) is 16.1. The van der Waals surface area contributed by atoms with E-state index in [2.05, 4.69) is 5.32 Å². The fraction of sp³-hybridized carbons (Fsp3) is 0.867. The van der Waals surface area contributed by atoms with Crippen molar-refractivity contribution in [2.24, 2.45) is 17.3 Å². The van der Waals surface area contributed by atoms with Crippen LogP contribution in [0.2, 0.25) is 0 Å².